The van der Waals surface area contributed by atoms with Crippen molar-refractivity contribution in [3.05, 3.63) is 62.6 Å². The van der Waals surface area contributed by atoms with Crippen molar-refractivity contribution >= 4 is 27.5 Å². The van der Waals surface area contributed by atoms with Crippen LogP contribution < -0.4 is 10.5 Å². The smallest absolute Gasteiger partial charge is 0.142 e. The maximum atomic E-state index is 13.9. The van der Waals surface area contributed by atoms with Gasteiger partial charge >= 0.3 is 0 Å². The Labute approximate surface area is 128 Å². The Morgan fingerprint density at radius 3 is 2.50 bits per heavy atom. The minimum absolute atomic E-state index is 0.0169. The zero-order valence-corrected chi connectivity index (χ0v) is 12.8. The molecule has 0 aliphatic carbocycles. The summed E-state index contributed by atoms with van der Waals surface area (Å²) in [6.07, 6.45) is 0. The average molecular weight is 363 g/mol. The molecule has 0 spiro atoms. The summed E-state index contributed by atoms with van der Waals surface area (Å²) in [5.74, 6) is -0.881. The van der Waals surface area contributed by atoms with Gasteiger partial charge in [0.1, 0.15) is 17.4 Å². The minimum Gasteiger partial charge on any atom is -0.496 e. The first-order valence-corrected chi connectivity index (χ1v) is 6.84. The molecule has 0 aliphatic heterocycles. The van der Waals surface area contributed by atoms with Crippen LogP contribution in [0.3, 0.4) is 0 Å². The van der Waals surface area contributed by atoms with Gasteiger partial charge < -0.3 is 10.5 Å². The molecule has 1 atom stereocenters. The van der Waals surface area contributed by atoms with Crippen LogP contribution in [0, 0.1) is 11.6 Å². The molecule has 0 heterocycles. The molecule has 0 fully saturated rings. The highest BCUT2D eigenvalue weighted by Crippen LogP contribution is 2.33. The molecule has 0 saturated carbocycles. The van der Waals surface area contributed by atoms with E-state index in [1.807, 2.05) is 0 Å². The van der Waals surface area contributed by atoms with E-state index in [1.54, 1.807) is 18.2 Å². The highest BCUT2D eigenvalue weighted by molar-refractivity contribution is 9.10. The second-order valence-corrected chi connectivity index (χ2v) is 5.47. The first kappa shape index (κ1) is 15.2. The van der Waals surface area contributed by atoms with Crippen molar-refractivity contribution in [2.45, 2.75) is 6.04 Å². The van der Waals surface area contributed by atoms with E-state index in [0.717, 1.165) is 16.6 Å². The molecule has 0 aliphatic rings. The summed E-state index contributed by atoms with van der Waals surface area (Å²) in [5.41, 5.74) is 6.59. The number of halogens is 4. The van der Waals surface area contributed by atoms with E-state index >= 15 is 0 Å². The van der Waals surface area contributed by atoms with Gasteiger partial charge in [-0.25, -0.2) is 8.78 Å². The third kappa shape index (κ3) is 2.95. The molecule has 2 aromatic carbocycles. The number of rotatable bonds is 3. The van der Waals surface area contributed by atoms with Crippen LogP contribution in [0.15, 0.2) is 34.8 Å². The Balaban J connectivity index is 2.54. The third-order valence-corrected chi connectivity index (χ3v) is 3.68. The Kier molecular flexibility index (Phi) is 4.62. The van der Waals surface area contributed by atoms with Crippen molar-refractivity contribution < 1.29 is 13.5 Å². The van der Waals surface area contributed by atoms with E-state index in [0.29, 0.717) is 11.3 Å². The van der Waals surface area contributed by atoms with E-state index in [4.69, 9.17) is 22.1 Å². The Hall–Kier alpha value is -1.17. The van der Waals surface area contributed by atoms with Crippen LogP contribution in [0.4, 0.5) is 8.78 Å². The second-order valence-electron chi connectivity index (χ2n) is 4.15. The predicted molar refractivity (Wildman–Crippen MR) is 78.1 cm³/mol. The molecule has 2 nitrogen and oxygen atoms in total. The molecule has 2 rings (SSSR count). The summed E-state index contributed by atoms with van der Waals surface area (Å²) in [4.78, 5) is 0. The summed E-state index contributed by atoms with van der Waals surface area (Å²) in [7, 11) is 1.48. The SMILES string of the molecule is COc1ccc(Br)cc1C(N)c1cc(F)c(Cl)cc1F. The van der Waals surface area contributed by atoms with Crippen molar-refractivity contribution in [3.8, 4) is 5.75 Å². The highest BCUT2D eigenvalue weighted by Gasteiger charge is 2.20. The van der Waals surface area contributed by atoms with Gasteiger partial charge in [-0.15, -0.1) is 0 Å². The van der Waals surface area contributed by atoms with Crippen LogP contribution in [0.1, 0.15) is 17.2 Å². The molecule has 0 aromatic heterocycles. The monoisotopic (exact) mass is 361 g/mol. The van der Waals surface area contributed by atoms with Crippen LogP contribution in [-0.4, -0.2) is 7.11 Å². The molecule has 0 amide bonds. The molecular formula is C14H11BrClF2NO. The van der Waals surface area contributed by atoms with Gasteiger partial charge in [0.15, 0.2) is 0 Å². The van der Waals surface area contributed by atoms with Gasteiger partial charge in [0, 0.05) is 15.6 Å². The van der Waals surface area contributed by atoms with Gasteiger partial charge in [0.25, 0.3) is 0 Å². The summed E-state index contributed by atoms with van der Waals surface area (Å²) >= 11 is 8.84. The van der Waals surface area contributed by atoms with Crippen LogP contribution in [0.2, 0.25) is 5.02 Å². The van der Waals surface area contributed by atoms with Crippen molar-refractivity contribution in [1.82, 2.24) is 0 Å². The maximum Gasteiger partial charge on any atom is 0.142 e. The molecule has 0 saturated heterocycles. The van der Waals surface area contributed by atoms with Gasteiger partial charge in [0.05, 0.1) is 18.2 Å². The van der Waals surface area contributed by atoms with Gasteiger partial charge in [-0.1, -0.05) is 27.5 Å². The van der Waals surface area contributed by atoms with E-state index in [9.17, 15) is 8.78 Å². The van der Waals surface area contributed by atoms with Crippen LogP contribution in [-0.2, 0) is 0 Å². The third-order valence-electron chi connectivity index (χ3n) is 2.90. The first-order valence-electron chi connectivity index (χ1n) is 5.67. The zero-order valence-electron chi connectivity index (χ0n) is 10.5. The normalized spacial score (nSPS) is 12.3. The molecular weight excluding hydrogens is 352 g/mol. The Bertz CT molecular complexity index is 651. The molecule has 0 radical (unpaired) electrons. The topological polar surface area (TPSA) is 35.2 Å². The quantitative estimate of drug-likeness (QED) is 0.820. The molecule has 2 aromatic rings. The lowest BCUT2D eigenvalue weighted by Gasteiger charge is -2.17. The van der Waals surface area contributed by atoms with E-state index in [1.165, 1.54) is 7.11 Å². The summed E-state index contributed by atoms with van der Waals surface area (Å²) in [5, 5.41) is -0.278. The predicted octanol–water partition coefficient (Wildman–Crippen LogP) is 4.44. The van der Waals surface area contributed by atoms with Gasteiger partial charge in [0.2, 0.25) is 0 Å². The number of hydrogen-bond donors (Lipinski definition) is 1. The van der Waals surface area contributed by atoms with Crippen molar-refractivity contribution in [3.63, 3.8) is 0 Å². The highest BCUT2D eigenvalue weighted by atomic mass is 79.9. The number of methoxy groups -OCH3 is 1. The number of benzene rings is 2. The lowest BCUT2D eigenvalue weighted by atomic mass is 9.98. The maximum absolute atomic E-state index is 13.9. The van der Waals surface area contributed by atoms with Crippen LogP contribution >= 0.6 is 27.5 Å². The molecule has 1 unspecified atom stereocenters. The Morgan fingerprint density at radius 2 is 1.85 bits per heavy atom. The fourth-order valence-electron chi connectivity index (χ4n) is 1.89. The largest absolute Gasteiger partial charge is 0.496 e. The van der Waals surface area contributed by atoms with Crippen molar-refractivity contribution in [2.75, 3.05) is 7.11 Å². The lowest BCUT2D eigenvalue weighted by molar-refractivity contribution is 0.407. The summed E-state index contributed by atoms with van der Waals surface area (Å²) < 4.78 is 33.4. The van der Waals surface area contributed by atoms with Crippen molar-refractivity contribution in [1.29, 1.82) is 0 Å². The molecule has 0 bridgehead atoms. The minimum atomic E-state index is -0.866. The molecule has 106 valence electrons. The number of hydrogen-bond acceptors (Lipinski definition) is 2. The number of nitrogens with two attached hydrogens (primary N) is 1. The van der Waals surface area contributed by atoms with Crippen LogP contribution in [0.5, 0.6) is 5.75 Å². The van der Waals surface area contributed by atoms with Crippen molar-refractivity contribution in [2.24, 2.45) is 5.73 Å². The van der Waals surface area contributed by atoms with Gasteiger partial charge in [-0.3, -0.25) is 0 Å². The molecule has 20 heavy (non-hydrogen) atoms. The standard InChI is InChI=1S/C14H11BrClF2NO/c1-20-13-3-2-7(15)4-9(13)14(19)8-5-12(18)10(16)6-11(8)17/h2-6,14H,19H2,1H3. The lowest BCUT2D eigenvalue weighted by Crippen LogP contribution is -2.15. The molecule has 2 N–H and O–H groups in total. The fourth-order valence-corrected chi connectivity index (χ4v) is 2.42. The van der Waals surface area contributed by atoms with E-state index in [2.05, 4.69) is 15.9 Å². The van der Waals surface area contributed by atoms with Gasteiger partial charge in [-0.05, 0) is 30.3 Å². The Morgan fingerprint density at radius 1 is 1.15 bits per heavy atom. The summed E-state index contributed by atoms with van der Waals surface area (Å²) in [6, 6.07) is 6.22. The average Bonchev–Trinajstić information content (AvgIpc) is 2.42. The first-order chi connectivity index (χ1) is 9.43. The van der Waals surface area contributed by atoms with E-state index in [-0.39, 0.29) is 10.6 Å². The number of ether oxygens (including phenoxy) is 1. The van der Waals surface area contributed by atoms with Gasteiger partial charge in [-0.2, -0.15) is 0 Å². The molecule has 6 heteroatoms. The zero-order chi connectivity index (χ0) is 14.9. The summed E-state index contributed by atoms with van der Waals surface area (Å²) in [6.45, 7) is 0. The van der Waals surface area contributed by atoms with E-state index < -0.39 is 17.7 Å². The fraction of sp³-hybridized carbons (Fsp3) is 0.143. The van der Waals surface area contributed by atoms with Crippen LogP contribution in [0.25, 0.3) is 0 Å². The second kappa shape index (κ2) is 6.08.